The van der Waals surface area contributed by atoms with Crippen molar-refractivity contribution in [2.24, 2.45) is 11.1 Å². The van der Waals surface area contributed by atoms with E-state index in [1.807, 2.05) is 12.1 Å². The fourth-order valence-corrected chi connectivity index (χ4v) is 3.76. The number of amides is 1. The van der Waals surface area contributed by atoms with Gasteiger partial charge in [0.05, 0.1) is 16.3 Å². The lowest BCUT2D eigenvalue weighted by atomic mass is 9.79. The van der Waals surface area contributed by atoms with E-state index in [4.69, 9.17) is 17.3 Å². The van der Waals surface area contributed by atoms with Crippen LogP contribution < -0.4 is 11.1 Å². The Morgan fingerprint density at radius 1 is 1.32 bits per heavy atom. The third-order valence-electron chi connectivity index (χ3n) is 3.99. The summed E-state index contributed by atoms with van der Waals surface area (Å²) >= 11 is 7.39. The molecule has 5 heteroatoms. The maximum atomic E-state index is 12.5. The van der Waals surface area contributed by atoms with Crippen molar-refractivity contribution < 1.29 is 4.79 Å². The van der Waals surface area contributed by atoms with Crippen molar-refractivity contribution in [2.75, 3.05) is 6.54 Å². The fraction of sp³-hybridized carbons (Fsp3) is 0.643. The first-order valence-corrected chi connectivity index (χ1v) is 8.08. The lowest BCUT2D eigenvalue weighted by Gasteiger charge is -2.29. The molecule has 1 heterocycles. The third-order valence-corrected chi connectivity index (χ3v) is 5.22. The maximum absolute atomic E-state index is 12.5. The number of hydrogen-bond acceptors (Lipinski definition) is 3. The van der Waals surface area contributed by atoms with E-state index in [2.05, 4.69) is 5.32 Å². The minimum absolute atomic E-state index is 0.112. The lowest BCUT2D eigenvalue weighted by molar-refractivity contribution is -0.131. The van der Waals surface area contributed by atoms with Gasteiger partial charge in [-0.2, -0.15) is 0 Å². The molecule has 2 rings (SSSR count). The van der Waals surface area contributed by atoms with Gasteiger partial charge in [-0.1, -0.05) is 37.3 Å². The zero-order chi connectivity index (χ0) is 13.7. The van der Waals surface area contributed by atoms with Crippen LogP contribution in [0.1, 0.15) is 43.4 Å². The molecule has 0 bridgehead atoms. The SMILES string of the molecule is NCC1(C(=O)NCc2ccc(Cl)s2)CCCCCC1. The molecular weight excluding hydrogens is 280 g/mol. The number of hydrogen-bond donors (Lipinski definition) is 2. The van der Waals surface area contributed by atoms with Crippen LogP contribution in [0.2, 0.25) is 4.34 Å². The van der Waals surface area contributed by atoms with Gasteiger partial charge in [0, 0.05) is 11.4 Å². The van der Waals surface area contributed by atoms with Crippen LogP contribution in [0.4, 0.5) is 0 Å². The third kappa shape index (κ3) is 3.71. The molecule has 0 aromatic carbocycles. The first-order chi connectivity index (χ1) is 9.16. The van der Waals surface area contributed by atoms with Crippen LogP contribution in [0, 0.1) is 5.41 Å². The van der Waals surface area contributed by atoms with E-state index < -0.39 is 0 Å². The summed E-state index contributed by atoms with van der Waals surface area (Å²) in [5.74, 6) is 0.112. The van der Waals surface area contributed by atoms with Crippen molar-refractivity contribution >= 4 is 28.8 Å². The molecule has 0 atom stereocenters. The van der Waals surface area contributed by atoms with Crippen molar-refractivity contribution in [3.8, 4) is 0 Å². The standard InChI is InChI=1S/C14H21ClN2OS/c15-12-6-5-11(19-12)9-17-13(18)14(10-16)7-3-1-2-4-8-14/h5-6H,1-4,7-10,16H2,(H,17,18). The largest absolute Gasteiger partial charge is 0.351 e. The molecule has 1 aromatic rings. The summed E-state index contributed by atoms with van der Waals surface area (Å²) in [7, 11) is 0. The second kappa shape index (κ2) is 6.73. The molecule has 0 saturated heterocycles. The molecule has 1 aliphatic carbocycles. The van der Waals surface area contributed by atoms with Gasteiger partial charge in [0.15, 0.2) is 0 Å². The van der Waals surface area contributed by atoms with Crippen LogP contribution >= 0.6 is 22.9 Å². The molecule has 1 fully saturated rings. The number of nitrogens with one attached hydrogen (secondary N) is 1. The Kier molecular flexibility index (Phi) is 5.25. The Morgan fingerprint density at radius 2 is 2.00 bits per heavy atom. The van der Waals surface area contributed by atoms with Crippen molar-refractivity contribution in [3.05, 3.63) is 21.3 Å². The Balaban J connectivity index is 1.96. The van der Waals surface area contributed by atoms with Gasteiger partial charge < -0.3 is 11.1 Å². The topological polar surface area (TPSA) is 55.1 Å². The maximum Gasteiger partial charge on any atom is 0.227 e. The van der Waals surface area contributed by atoms with Crippen molar-refractivity contribution in [1.29, 1.82) is 0 Å². The zero-order valence-corrected chi connectivity index (χ0v) is 12.7. The van der Waals surface area contributed by atoms with Gasteiger partial charge in [-0.15, -0.1) is 11.3 Å². The number of thiophene rings is 1. The summed E-state index contributed by atoms with van der Waals surface area (Å²) in [5, 5.41) is 3.03. The smallest absolute Gasteiger partial charge is 0.227 e. The number of rotatable bonds is 4. The highest BCUT2D eigenvalue weighted by Gasteiger charge is 2.36. The minimum Gasteiger partial charge on any atom is -0.351 e. The molecule has 1 saturated carbocycles. The highest BCUT2D eigenvalue weighted by Crippen LogP contribution is 2.34. The monoisotopic (exact) mass is 300 g/mol. The molecule has 1 aliphatic rings. The predicted molar refractivity (Wildman–Crippen MR) is 80.4 cm³/mol. The van der Waals surface area contributed by atoms with Gasteiger partial charge in [-0.05, 0) is 25.0 Å². The molecule has 19 heavy (non-hydrogen) atoms. The Morgan fingerprint density at radius 3 is 2.53 bits per heavy atom. The molecule has 3 N–H and O–H groups in total. The second-order valence-electron chi connectivity index (χ2n) is 5.29. The van der Waals surface area contributed by atoms with E-state index >= 15 is 0 Å². The number of carbonyl (C=O) groups is 1. The Labute approximate surface area is 123 Å². The molecule has 0 spiro atoms. The van der Waals surface area contributed by atoms with E-state index in [1.54, 1.807) is 0 Å². The average molecular weight is 301 g/mol. The quantitative estimate of drug-likeness (QED) is 0.838. The molecular formula is C14H21ClN2OS. The van der Waals surface area contributed by atoms with E-state index in [-0.39, 0.29) is 11.3 Å². The van der Waals surface area contributed by atoms with Gasteiger partial charge in [0.1, 0.15) is 0 Å². The van der Waals surface area contributed by atoms with Crippen LogP contribution in [0.3, 0.4) is 0 Å². The lowest BCUT2D eigenvalue weighted by Crippen LogP contribution is -2.45. The summed E-state index contributed by atoms with van der Waals surface area (Å²) in [6, 6.07) is 3.81. The van der Waals surface area contributed by atoms with Crippen molar-refractivity contribution in [3.63, 3.8) is 0 Å². The van der Waals surface area contributed by atoms with Gasteiger partial charge in [-0.3, -0.25) is 4.79 Å². The molecule has 106 valence electrons. The first-order valence-electron chi connectivity index (χ1n) is 6.89. The zero-order valence-electron chi connectivity index (χ0n) is 11.1. The van der Waals surface area contributed by atoms with E-state index in [0.29, 0.717) is 13.1 Å². The van der Waals surface area contributed by atoms with Crippen LogP contribution in [0.25, 0.3) is 0 Å². The fourth-order valence-electron chi connectivity index (χ4n) is 2.73. The molecule has 0 aliphatic heterocycles. The summed E-state index contributed by atoms with van der Waals surface area (Å²) in [6.07, 6.45) is 6.48. The van der Waals surface area contributed by atoms with E-state index in [1.165, 1.54) is 24.2 Å². The molecule has 0 radical (unpaired) electrons. The Bertz CT molecular complexity index is 425. The van der Waals surface area contributed by atoms with Gasteiger partial charge in [0.25, 0.3) is 0 Å². The predicted octanol–water partition coefficient (Wildman–Crippen LogP) is 3.32. The summed E-state index contributed by atoms with van der Waals surface area (Å²) < 4.78 is 0.757. The second-order valence-corrected chi connectivity index (χ2v) is 7.09. The summed E-state index contributed by atoms with van der Waals surface area (Å²) in [5.41, 5.74) is 5.55. The minimum atomic E-state index is -0.350. The average Bonchev–Trinajstić information content (AvgIpc) is 2.69. The number of carbonyl (C=O) groups excluding carboxylic acids is 1. The summed E-state index contributed by atoms with van der Waals surface area (Å²) in [6.45, 7) is 1.00. The van der Waals surface area contributed by atoms with E-state index in [0.717, 1.165) is 34.9 Å². The first kappa shape index (κ1) is 14.8. The Hall–Kier alpha value is -0.580. The highest BCUT2D eigenvalue weighted by atomic mass is 35.5. The van der Waals surface area contributed by atoms with E-state index in [9.17, 15) is 4.79 Å². The molecule has 1 amide bonds. The normalized spacial score (nSPS) is 18.8. The molecule has 1 aromatic heterocycles. The van der Waals surface area contributed by atoms with Crippen LogP contribution in [-0.2, 0) is 11.3 Å². The van der Waals surface area contributed by atoms with Crippen molar-refractivity contribution in [2.45, 2.75) is 45.1 Å². The van der Waals surface area contributed by atoms with Crippen LogP contribution in [-0.4, -0.2) is 12.5 Å². The van der Waals surface area contributed by atoms with Gasteiger partial charge >= 0.3 is 0 Å². The molecule has 3 nitrogen and oxygen atoms in total. The summed E-state index contributed by atoms with van der Waals surface area (Å²) in [4.78, 5) is 13.5. The number of nitrogens with two attached hydrogens (primary N) is 1. The van der Waals surface area contributed by atoms with Gasteiger partial charge in [-0.25, -0.2) is 0 Å². The van der Waals surface area contributed by atoms with Gasteiger partial charge in [0.2, 0.25) is 5.91 Å². The van der Waals surface area contributed by atoms with Crippen LogP contribution in [0.5, 0.6) is 0 Å². The van der Waals surface area contributed by atoms with Crippen molar-refractivity contribution in [1.82, 2.24) is 5.32 Å². The molecule has 0 unspecified atom stereocenters. The number of halogens is 1. The van der Waals surface area contributed by atoms with Crippen LogP contribution in [0.15, 0.2) is 12.1 Å². The highest BCUT2D eigenvalue weighted by molar-refractivity contribution is 7.16.